The molecule has 3 amide bonds. The molecule has 0 aliphatic carbocycles. The van der Waals surface area contributed by atoms with E-state index < -0.39 is 12.0 Å². The highest BCUT2D eigenvalue weighted by molar-refractivity contribution is 6.01. The Morgan fingerprint density at radius 3 is 2.70 bits per heavy atom. The van der Waals surface area contributed by atoms with Gasteiger partial charge in [-0.3, -0.25) is 19.4 Å². The van der Waals surface area contributed by atoms with Crippen molar-refractivity contribution in [1.82, 2.24) is 15.6 Å². The average molecular weight is 366 g/mol. The minimum atomic E-state index is -0.685. The first-order chi connectivity index (χ1) is 13.0. The number of hydrogen-bond acceptors (Lipinski definition) is 4. The average Bonchev–Trinajstić information content (AvgIpc) is 3.09. The number of para-hydroxylation sites is 1. The van der Waals surface area contributed by atoms with E-state index in [2.05, 4.69) is 15.6 Å². The Kier molecular flexibility index (Phi) is 5.80. The Balaban J connectivity index is 1.51. The molecule has 2 aromatic rings. The van der Waals surface area contributed by atoms with Gasteiger partial charge in [0.2, 0.25) is 17.7 Å². The molecule has 2 atom stereocenters. The number of nitrogens with zero attached hydrogens (tertiary/aromatic N) is 2. The predicted octanol–water partition coefficient (Wildman–Crippen LogP) is 1.26. The third-order valence-electron chi connectivity index (χ3n) is 4.51. The molecule has 0 spiro atoms. The molecular formula is C20H22N4O3. The lowest BCUT2D eigenvalue weighted by atomic mass is 10.1. The fourth-order valence-electron chi connectivity index (χ4n) is 2.98. The fraction of sp³-hybridized carbons (Fsp3) is 0.300. The molecule has 1 saturated heterocycles. The van der Waals surface area contributed by atoms with Gasteiger partial charge in [-0.15, -0.1) is 0 Å². The van der Waals surface area contributed by atoms with Gasteiger partial charge in [-0.2, -0.15) is 0 Å². The Labute approximate surface area is 157 Å². The lowest BCUT2D eigenvalue weighted by Gasteiger charge is -2.18. The zero-order valence-electron chi connectivity index (χ0n) is 15.1. The molecule has 0 unspecified atom stereocenters. The van der Waals surface area contributed by atoms with Crippen molar-refractivity contribution in [3.8, 4) is 0 Å². The minimum Gasteiger partial charge on any atom is -0.350 e. The molecule has 1 aromatic carbocycles. The van der Waals surface area contributed by atoms with Gasteiger partial charge in [-0.1, -0.05) is 24.3 Å². The van der Waals surface area contributed by atoms with E-state index in [1.807, 2.05) is 36.4 Å². The van der Waals surface area contributed by atoms with E-state index in [1.54, 1.807) is 30.3 Å². The summed E-state index contributed by atoms with van der Waals surface area (Å²) in [7, 11) is 0. The minimum absolute atomic E-state index is 0.0879. The third-order valence-corrected chi connectivity index (χ3v) is 4.51. The standard InChI is InChI=1S/C20H22N4O3/c1-14(19(26)22-12-15-6-5-9-21-11-15)23-20(27)16-10-18(25)24(13-16)17-7-3-2-4-8-17/h2-9,11,14,16H,10,12-13H2,1H3,(H,22,26)(H,23,27)/t14-,16-/m0/s1. The summed E-state index contributed by atoms with van der Waals surface area (Å²) in [5.74, 6) is -1.12. The number of anilines is 1. The number of rotatable bonds is 6. The smallest absolute Gasteiger partial charge is 0.242 e. The third kappa shape index (κ3) is 4.69. The van der Waals surface area contributed by atoms with Crippen molar-refractivity contribution >= 4 is 23.4 Å². The van der Waals surface area contributed by atoms with Gasteiger partial charge >= 0.3 is 0 Å². The molecular weight excluding hydrogens is 344 g/mol. The summed E-state index contributed by atoms with van der Waals surface area (Å²) in [5, 5.41) is 5.47. The van der Waals surface area contributed by atoms with Crippen molar-refractivity contribution in [1.29, 1.82) is 0 Å². The summed E-state index contributed by atoms with van der Waals surface area (Å²) in [6.07, 6.45) is 3.48. The van der Waals surface area contributed by atoms with Crippen LogP contribution in [0.3, 0.4) is 0 Å². The number of pyridine rings is 1. The van der Waals surface area contributed by atoms with Crippen LogP contribution >= 0.6 is 0 Å². The monoisotopic (exact) mass is 366 g/mol. The van der Waals surface area contributed by atoms with Crippen LogP contribution in [0.1, 0.15) is 18.9 Å². The van der Waals surface area contributed by atoms with E-state index in [9.17, 15) is 14.4 Å². The van der Waals surface area contributed by atoms with Gasteiger partial charge in [-0.25, -0.2) is 0 Å². The van der Waals surface area contributed by atoms with E-state index in [0.717, 1.165) is 11.3 Å². The van der Waals surface area contributed by atoms with Crippen molar-refractivity contribution < 1.29 is 14.4 Å². The summed E-state index contributed by atoms with van der Waals surface area (Å²) < 4.78 is 0. The summed E-state index contributed by atoms with van der Waals surface area (Å²) in [6, 6.07) is 12.2. The van der Waals surface area contributed by atoms with Gasteiger partial charge < -0.3 is 15.5 Å². The van der Waals surface area contributed by atoms with Gasteiger partial charge in [0.1, 0.15) is 6.04 Å². The molecule has 3 rings (SSSR count). The first-order valence-corrected chi connectivity index (χ1v) is 8.87. The topological polar surface area (TPSA) is 91.4 Å². The molecule has 1 fully saturated rings. The molecule has 0 radical (unpaired) electrons. The number of carbonyl (C=O) groups excluding carboxylic acids is 3. The Bertz CT molecular complexity index is 810. The highest BCUT2D eigenvalue weighted by Crippen LogP contribution is 2.24. The second-order valence-electron chi connectivity index (χ2n) is 6.55. The van der Waals surface area contributed by atoms with Crippen molar-refractivity contribution in [2.45, 2.75) is 25.9 Å². The second-order valence-corrected chi connectivity index (χ2v) is 6.55. The van der Waals surface area contributed by atoms with Crippen LogP contribution in [-0.4, -0.2) is 35.3 Å². The maximum atomic E-state index is 12.5. The lowest BCUT2D eigenvalue weighted by molar-refractivity contribution is -0.131. The number of hydrogen-bond donors (Lipinski definition) is 2. The van der Waals surface area contributed by atoms with Crippen LogP contribution in [0.15, 0.2) is 54.9 Å². The molecule has 0 bridgehead atoms. The normalized spacial score (nSPS) is 17.4. The molecule has 0 saturated carbocycles. The van der Waals surface area contributed by atoms with E-state index in [1.165, 1.54) is 0 Å². The number of nitrogens with one attached hydrogen (secondary N) is 2. The van der Waals surface area contributed by atoms with Crippen LogP contribution in [-0.2, 0) is 20.9 Å². The van der Waals surface area contributed by atoms with Crippen molar-refractivity contribution in [2.24, 2.45) is 5.92 Å². The van der Waals surface area contributed by atoms with Crippen molar-refractivity contribution in [3.05, 3.63) is 60.4 Å². The van der Waals surface area contributed by atoms with Gasteiger partial charge in [0, 0.05) is 37.6 Å². The molecule has 2 heterocycles. The first kappa shape index (κ1) is 18.6. The van der Waals surface area contributed by atoms with Crippen LogP contribution in [0.5, 0.6) is 0 Å². The van der Waals surface area contributed by atoms with E-state index >= 15 is 0 Å². The molecule has 7 heteroatoms. The molecule has 27 heavy (non-hydrogen) atoms. The van der Waals surface area contributed by atoms with Crippen LogP contribution in [0, 0.1) is 5.92 Å². The number of amides is 3. The van der Waals surface area contributed by atoms with E-state index in [-0.39, 0.29) is 24.1 Å². The Hall–Kier alpha value is -3.22. The van der Waals surface area contributed by atoms with Gasteiger partial charge in [0.05, 0.1) is 5.92 Å². The lowest BCUT2D eigenvalue weighted by Crippen LogP contribution is -2.47. The fourth-order valence-corrected chi connectivity index (χ4v) is 2.98. The molecule has 7 nitrogen and oxygen atoms in total. The Morgan fingerprint density at radius 2 is 2.00 bits per heavy atom. The highest BCUT2D eigenvalue weighted by atomic mass is 16.2. The molecule has 2 N–H and O–H groups in total. The number of benzene rings is 1. The van der Waals surface area contributed by atoms with Gasteiger partial charge in [-0.05, 0) is 30.7 Å². The number of carbonyl (C=O) groups is 3. The molecule has 1 aliphatic rings. The molecule has 140 valence electrons. The Morgan fingerprint density at radius 1 is 1.22 bits per heavy atom. The van der Waals surface area contributed by atoms with Crippen LogP contribution < -0.4 is 15.5 Å². The van der Waals surface area contributed by atoms with Crippen LogP contribution in [0.25, 0.3) is 0 Å². The van der Waals surface area contributed by atoms with Crippen LogP contribution in [0.4, 0.5) is 5.69 Å². The van der Waals surface area contributed by atoms with E-state index in [4.69, 9.17) is 0 Å². The maximum Gasteiger partial charge on any atom is 0.242 e. The molecule has 1 aliphatic heterocycles. The zero-order chi connectivity index (χ0) is 19.2. The largest absolute Gasteiger partial charge is 0.350 e. The van der Waals surface area contributed by atoms with Crippen molar-refractivity contribution in [3.63, 3.8) is 0 Å². The maximum absolute atomic E-state index is 12.5. The SMILES string of the molecule is C[C@H](NC(=O)[C@H]1CC(=O)N(c2ccccc2)C1)C(=O)NCc1cccnc1. The zero-order valence-corrected chi connectivity index (χ0v) is 15.1. The van der Waals surface area contributed by atoms with Crippen LogP contribution in [0.2, 0.25) is 0 Å². The first-order valence-electron chi connectivity index (χ1n) is 8.87. The van der Waals surface area contributed by atoms with Gasteiger partial charge in [0.15, 0.2) is 0 Å². The quantitative estimate of drug-likeness (QED) is 0.805. The highest BCUT2D eigenvalue weighted by Gasteiger charge is 2.35. The second kappa shape index (κ2) is 8.44. The molecule has 1 aromatic heterocycles. The predicted molar refractivity (Wildman–Crippen MR) is 101 cm³/mol. The number of aromatic nitrogens is 1. The van der Waals surface area contributed by atoms with Crippen molar-refractivity contribution in [2.75, 3.05) is 11.4 Å². The summed E-state index contributed by atoms with van der Waals surface area (Å²) in [4.78, 5) is 42.5. The van der Waals surface area contributed by atoms with E-state index in [0.29, 0.717) is 13.1 Å². The summed E-state index contributed by atoms with van der Waals surface area (Å²) in [5.41, 5.74) is 1.66. The summed E-state index contributed by atoms with van der Waals surface area (Å²) in [6.45, 7) is 2.29. The van der Waals surface area contributed by atoms with Gasteiger partial charge in [0.25, 0.3) is 0 Å². The summed E-state index contributed by atoms with van der Waals surface area (Å²) >= 11 is 0.